The smallest absolute Gasteiger partial charge is 0.139 e. The van der Waals surface area contributed by atoms with Crippen LogP contribution in [0.5, 0.6) is 5.75 Å². The molecule has 0 spiro atoms. The minimum absolute atomic E-state index is 0.395. The highest BCUT2D eigenvalue weighted by Gasteiger charge is 2.08. The number of halogens is 1. The van der Waals surface area contributed by atoms with Crippen LogP contribution in [0.3, 0.4) is 0 Å². The van der Waals surface area contributed by atoms with Gasteiger partial charge < -0.3 is 4.74 Å². The van der Waals surface area contributed by atoms with E-state index in [9.17, 15) is 0 Å². The third kappa shape index (κ3) is 2.84. The molecule has 0 saturated heterocycles. The highest BCUT2D eigenvalue weighted by atomic mass is 35.5. The van der Waals surface area contributed by atoms with Gasteiger partial charge in [-0.25, -0.2) is 0 Å². The van der Waals surface area contributed by atoms with Crippen LogP contribution in [0.4, 0.5) is 0 Å². The zero-order chi connectivity index (χ0) is 13.0. The molecule has 0 unspecified atom stereocenters. The molecule has 2 rings (SSSR count). The molecule has 0 radical (unpaired) electrons. The average molecular weight is 278 g/mol. The maximum Gasteiger partial charge on any atom is 0.139 e. The van der Waals surface area contributed by atoms with Gasteiger partial charge in [-0.15, -0.1) is 11.3 Å². The van der Waals surface area contributed by atoms with Gasteiger partial charge in [-0.2, -0.15) is 5.26 Å². The Morgan fingerprint density at radius 2 is 2.06 bits per heavy atom. The first kappa shape index (κ1) is 12.9. The van der Waals surface area contributed by atoms with Crippen LogP contribution in [0, 0.1) is 11.3 Å². The van der Waals surface area contributed by atoms with E-state index < -0.39 is 0 Å². The summed E-state index contributed by atoms with van der Waals surface area (Å²) in [5, 5.41) is 9.45. The summed E-state index contributed by atoms with van der Waals surface area (Å²) < 4.78 is 5.66. The summed E-state index contributed by atoms with van der Waals surface area (Å²) in [6.45, 7) is 2.60. The maximum atomic E-state index is 9.03. The van der Waals surface area contributed by atoms with Crippen LogP contribution in [0.25, 0.3) is 0 Å². The zero-order valence-corrected chi connectivity index (χ0v) is 11.5. The number of nitriles is 1. The van der Waals surface area contributed by atoms with Crippen molar-refractivity contribution < 1.29 is 4.74 Å². The predicted molar refractivity (Wildman–Crippen MR) is 74.2 cm³/mol. The van der Waals surface area contributed by atoms with Crippen molar-refractivity contribution in [2.75, 3.05) is 0 Å². The van der Waals surface area contributed by atoms with Gasteiger partial charge in [0.15, 0.2) is 0 Å². The first-order valence-electron chi connectivity index (χ1n) is 5.63. The van der Waals surface area contributed by atoms with Crippen LogP contribution < -0.4 is 4.74 Å². The van der Waals surface area contributed by atoms with Crippen molar-refractivity contribution in [1.29, 1.82) is 5.26 Å². The van der Waals surface area contributed by atoms with E-state index in [0.717, 1.165) is 11.3 Å². The number of ether oxygens (including phenoxy) is 1. The molecule has 4 heteroatoms. The quantitative estimate of drug-likeness (QED) is 0.829. The molecule has 1 aromatic carbocycles. The van der Waals surface area contributed by atoms with Gasteiger partial charge in [0.1, 0.15) is 24.0 Å². The normalized spacial score (nSPS) is 10.1. The SMILES string of the molecule is CCc1ccc(COc2cccc(Cl)c2C#N)s1. The fourth-order valence-electron chi connectivity index (χ4n) is 1.57. The molecule has 18 heavy (non-hydrogen) atoms. The summed E-state index contributed by atoms with van der Waals surface area (Å²) in [6, 6.07) is 11.5. The molecule has 0 N–H and O–H groups in total. The van der Waals surface area contributed by atoms with Crippen molar-refractivity contribution in [2.45, 2.75) is 20.0 Å². The van der Waals surface area contributed by atoms with Gasteiger partial charge in [0.25, 0.3) is 0 Å². The lowest BCUT2D eigenvalue weighted by Gasteiger charge is -2.07. The zero-order valence-electron chi connectivity index (χ0n) is 9.94. The third-order valence-corrected chi connectivity index (χ3v) is 4.04. The summed E-state index contributed by atoms with van der Waals surface area (Å²) in [5.41, 5.74) is 0.395. The second-order valence-electron chi connectivity index (χ2n) is 3.74. The molecular formula is C14H12ClNOS. The molecule has 1 heterocycles. The largest absolute Gasteiger partial charge is 0.487 e. The average Bonchev–Trinajstić information content (AvgIpc) is 2.84. The number of benzene rings is 1. The second kappa shape index (κ2) is 5.90. The first-order chi connectivity index (χ1) is 8.74. The van der Waals surface area contributed by atoms with Crippen LogP contribution in [0.2, 0.25) is 5.02 Å². The fourth-order valence-corrected chi connectivity index (χ4v) is 2.65. The Kier molecular flexibility index (Phi) is 4.24. The van der Waals surface area contributed by atoms with Crippen LogP contribution in [0.15, 0.2) is 30.3 Å². The third-order valence-electron chi connectivity index (χ3n) is 2.52. The van der Waals surface area contributed by atoms with Gasteiger partial charge >= 0.3 is 0 Å². The van der Waals surface area contributed by atoms with Crippen molar-refractivity contribution >= 4 is 22.9 Å². The lowest BCUT2D eigenvalue weighted by Crippen LogP contribution is -1.95. The molecule has 0 bridgehead atoms. The van der Waals surface area contributed by atoms with E-state index in [1.807, 2.05) is 0 Å². The monoisotopic (exact) mass is 277 g/mol. The van der Waals surface area contributed by atoms with E-state index in [0.29, 0.717) is 22.9 Å². The van der Waals surface area contributed by atoms with E-state index in [2.05, 4.69) is 25.1 Å². The van der Waals surface area contributed by atoms with Crippen molar-refractivity contribution in [3.8, 4) is 11.8 Å². The highest BCUT2D eigenvalue weighted by molar-refractivity contribution is 7.11. The molecule has 1 aromatic heterocycles. The number of aryl methyl sites for hydroxylation is 1. The van der Waals surface area contributed by atoms with E-state index in [1.54, 1.807) is 29.5 Å². The second-order valence-corrected chi connectivity index (χ2v) is 5.40. The molecule has 0 amide bonds. The number of hydrogen-bond acceptors (Lipinski definition) is 3. The Labute approximate surface area is 115 Å². The number of nitrogens with zero attached hydrogens (tertiary/aromatic N) is 1. The Morgan fingerprint density at radius 1 is 1.28 bits per heavy atom. The van der Waals surface area contributed by atoms with Crippen LogP contribution >= 0.6 is 22.9 Å². The topological polar surface area (TPSA) is 33.0 Å². The lowest BCUT2D eigenvalue weighted by atomic mass is 10.2. The molecular weight excluding hydrogens is 266 g/mol. The van der Waals surface area contributed by atoms with Gasteiger partial charge in [0.05, 0.1) is 5.02 Å². The molecule has 0 aliphatic rings. The molecule has 0 atom stereocenters. The first-order valence-corrected chi connectivity index (χ1v) is 6.83. The number of hydrogen-bond donors (Lipinski definition) is 0. The molecule has 0 fully saturated rings. The molecule has 2 aromatic rings. The van der Waals surface area contributed by atoms with E-state index in [1.165, 1.54) is 4.88 Å². The predicted octanol–water partition coefficient (Wildman–Crippen LogP) is 4.41. The van der Waals surface area contributed by atoms with Crippen molar-refractivity contribution in [2.24, 2.45) is 0 Å². The van der Waals surface area contributed by atoms with Crippen LogP contribution in [-0.2, 0) is 13.0 Å². The van der Waals surface area contributed by atoms with E-state index in [-0.39, 0.29) is 0 Å². The summed E-state index contributed by atoms with van der Waals surface area (Å²) in [6.07, 6.45) is 1.03. The van der Waals surface area contributed by atoms with Crippen molar-refractivity contribution in [1.82, 2.24) is 0 Å². The molecule has 0 saturated carbocycles. The molecule has 2 nitrogen and oxygen atoms in total. The lowest BCUT2D eigenvalue weighted by molar-refractivity contribution is 0.309. The Bertz CT molecular complexity index is 586. The molecule has 0 aliphatic carbocycles. The fraction of sp³-hybridized carbons (Fsp3) is 0.214. The highest BCUT2D eigenvalue weighted by Crippen LogP contribution is 2.27. The Balaban J connectivity index is 2.11. The maximum absolute atomic E-state index is 9.03. The minimum Gasteiger partial charge on any atom is -0.487 e. The van der Waals surface area contributed by atoms with Gasteiger partial charge in [-0.05, 0) is 30.7 Å². The number of thiophene rings is 1. The van der Waals surface area contributed by atoms with Crippen molar-refractivity contribution in [3.63, 3.8) is 0 Å². The van der Waals surface area contributed by atoms with E-state index in [4.69, 9.17) is 21.6 Å². The molecule has 0 aliphatic heterocycles. The minimum atomic E-state index is 0.395. The van der Waals surface area contributed by atoms with Crippen LogP contribution in [0.1, 0.15) is 22.2 Å². The summed E-state index contributed by atoms with van der Waals surface area (Å²) >= 11 is 7.67. The number of rotatable bonds is 4. The van der Waals surface area contributed by atoms with Crippen LogP contribution in [-0.4, -0.2) is 0 Å². The summed E-state index contributed by atoms with van der Waals surface area (Å²) in [4.78, 5) is 2.48. The van der Waals surface area contributed by atoms with Gasteiger partial charge in [-0.1, -0.05) is 24.6 Å². The Morgan fingerprint density at radius 3 is 2.72 bits per heavy atom. The Hall–Kier alpha value is -1.50. The standard InChI is InChI=1S/C14H12ClNOS/c1-2-10-6-7-11(18-10)9-17-14-5-3-4-13(15)12(14)8-16/h3-7H,2,9H2,1H3. The van der Waals surface area contributed by atoms with Gasteiger partial charge in [-0.3, -0.25) is 0 Å². The summed E-state index contributed by atoms with van der Waals surface area (Å²) in [7, 11) is 0. The van der Waals surface area contributed by atoms with Gasteiger partial charge in [0.2, 0.25) is 0 Å². The van der Waals surface area contributed by atoms with E-state index >= 15 is 0 Å². The van der Waals surface area contributed by atoms with Gasteiger partial charge in [0, 0.05) is 9.75 Å². The van der Waals surface area contributed by atoms with Crippen molar-refractivity contribution in [3.05, 3.63) is 50.7 Å². The molecule has 92 valence electrons. The summed E-state index contributed by atoms with van der Waals surface area (Å²) in [5.74, 6) is 0.538.